The van der Waals surface area contributed by atoms with E-state index in [1.165, 1.54) is 11.0 Å². The smallest absolute Gasteiger partial charge is 0.264 e. The van der Waals surface area contributed by atoms with Crippen LogP contribution < -0.4 is 9.47 Å². The Morgan fingerprint density at radius 3 is 2.44 bits per heavy atom. The first-order valence-electron chi connectivity index (χ1n) is 8.42. The van der Waals surface area contributed by atoms with Gasteiger partial charge in [-0.2, -0.15) is 5.26 Å². The molecule has 27 heavy (non-hydrogen) atoms. The number of hydrogen-bond acceptors (Lipinski definition) is 4. The molecule has 0 aromatic heterocycles. The van der Waals surface area contributed by atoms with Gasteiger partial charge in [0.05, 0.1) is 6.61 Å². The van der Waals surface area contributed by atoms with Gasteiger partial charge in [0.2, 0.25) is 0 Å². The standard InChI is InChI=1S/C21H21ClN2O3/c1-4-26-20-12-16(11-17(13-23)21(25)24(2)3)7-10-19(20)27-14-15-5-8-18(22)9-6-15/h5-12H,4,14H2,1-3H3/b17-11-. The summed E-state index contributed by atoms with van der Waals surface area (Å²) >= 11 is 5.89. The largest absolute Gasteiger partial charge is 0.490 e. The molecule has 1 amide bonds. The molecule has 0 aliphatic carbocycles. The molecule has 0 N–H and O–H groups in total. The number of hydrogen-bond donors (Lipinski definition) is 0. The molecule has 5 nitrogen and oxygen atoms in total. The fraction of sp³-hybridized carbons (Fsp3) is 0.238. The molecule has 0 aliphatic heterocycles. The van der Waals surface area contributed by atoms with Crippen molar-refractivity contribution in [2.45, 2.75) is 13.5 Å². The molecule has 0 spiro atoms. The van der Waals surface area contributed by atoms with E-state index >= 15 is 0 Å². The van der Waals surface area contributed by atoms with Crippen LogP contribution in [0.5, 0.6) is 11.5 Å². The number of carbonyl (C=O) groups is 1. The summed E-state index contributed by atoms with van der Waals surface area (Å²) in [6.07, 6.45) is 1.54. The highest BCUT2D eigenvalue weighted by Gasteiger charge is 2.12. The number of amides is 1. The molecule has 2 rings (SSSR count). The number of ether oxygens (including phenoxy) is 2. The highest BCUT2D eigenvalue weighted by Crippen LogP contribution is 2.30. The van der Waals surface area contributed by atoms with Crippen LogP contribution in [-0.2, 0) is 11.4 Å². The van der Waals surface area contributed by atoms with Crippen LogP contribution >= 0.6 is 11.6 Å². The number of likely N-dealkylation sites (N-methyl/N-ethyl adjacent to an activating group) is 1. The van der Waals surface area contributed by atoms with Crippen LogP contribution in [0.25, 0.3) is 6.08 Å². The van der Waals surface area contributed by atoms with Crippen molar-refractivity contribution in [3.05, 3.63) is 64.2 Å². The molecule has 0 radical (unpaired) electrons. The summed E-state index contributed by atoms with van der Waals surface area (Å²) in [4.78, 5) is 13.4. The Labute approximate surface area is 164 Å². The van der Waals surface area contributed by atoms with Crippen molar-refractivity contribution in [1.29, 1.82) is 5.26 Å². The van der Waals surface area contributed by atoms with E-state index in [-0.39, 0.29) is 11.5 Å². The number of halogens is 1. The predicted octanol–water partition coefficient (Wildman–Crippen LogP) is 4.31. The molecular weight excluding hydrogens is 364 g/mol. The second-order valence-corrected chi connectivity index (χ2v) is 6.36. The monoisotopic (exact) mass is 384 g/mol. The van der Waals surface area contributed by atoms with Gasteiger partial charge in [-0.05, 0) is 48.4 Å². The fourth-order valence-corrected chi connectivity index (χ4v) is 2.42. The Balaban J connectivity index is 2.23. The molecular formula is C21H21ClN2O3. The third-order valence-electron chi connectivity index (χ3n) is 3.64. The third-order valence-corrected chi connectivity index (χ3v) is 3.90. The SMILES string of the molecule is CCOc1cc(/C=C(/C#N)C(=O)N(C)C)ccc1OCc1ccc(Cl)cc1. The first kappa shape index (κ1) is 20.3. The lowest BCUT2D eigenvalue weighted by molar-refractivity contribution is -0.124. The van der Waals surface area contributed by atoms with Gasteiger partial charge in [-0.1, -0.05) is 29.8 Å². The Hall–Kier alpha value is -2.97. The third kappa shape index (κ3) is 5.77. The summed E-state index contributed by atoms with van der Waals surface area (Å²) < 4.78 is 11.5. The molecule has 0 saturated heterocycles. The van der Waals surface area contributed by atoms with E-state index in [0.29, 0.717) is 35.3 Å². The molecule has 0 saturated carbocycles. The van der Waals surface area contributed by atoms with Crippen molar-refractivity contribution < 1.29 is 14.3 Å². The number of nitrogens with zero attached hydrogens (tertiary/aromatic N) is 2. The topological polar surface area (TPSA) is 62.6 Å². The van der Waals surface area contributed by atoms with Gasteiger partial charge < -0.3 is 14.4 Å². The molecule has 0 bridgehead atoms. The van der Waals surface area contributed by atoms with Crippen LogP contribution in [0.3, 0.4) is 0 Å². The lowest BCUT2D eigenvalue weighted by atomic mass is 10.1. The second kappa shape index (κ2) is 9.65. The van der Waals surface area contributed by atoms with Crippen molar-refractivity contribution in [3.63, 3.8) is 0 Å². The lowest BCUT2D eigenvalue weighted by Gasteiger charge is -2.13. The molecule has 6 heteroatoms. The minimum absolute atomic E-state index is 0.0530. The zero-order valence-corrected chi connectivity index (χ0v) is 16.3. The molecule has 0 heterocycles. The van der Waals surface area contributed by atoms with Crippen molar-refractivity contribution in [2.24, 2.45) is 0 Å². The summed E-state index contributed by atoms with van der Waals surface area (Å²) in [5.41, 5.74) is 1.72. The minimum atomic E-state index is -0.349. The van der Waals surface area contributed by atoms with Gasteiger partial charge in [-0.15, -0.1) is 0 Å². The van der Waals surface area contributed by atoms with Crippen LogP contribution in [0.2, 0.25) is 5.02 Å². The first-order chi connectivity index (χ1) is 12.9. The summed E-state index contributed by atoms with van der Waals surface area (Å²) in [7, 11) is 3.21. The Morgan fingerprint density at radius 1 is 1.15 bits per heavy atom. The number of benzene rings is 2. The van der Waals surface area contributed by atoms with Gasteiger partial charge in [0, 0.05) is 19.1 Å². The second-order valence-electron chi connectivity index (χ2n) is 5.92. The molecule has 0 fully saturated rings. The van der Waals surface area contributed by atoms with Gasteiger partial charge in [0.1, 0.15) is 18.2 Å². The average Bonchev–Trinajstić information content (AvgIpc) is 2.66. The van der Waals surface area contributed by atoms with Crippen molar-refractivity contribution in [2.75, 3.05) is 20.7 Å². The number of nitriles is 1. The van der Waals surface area contributed by atoms with E-state index < -0.39 is 0 Å². The molecule has 2 aromatic carbocycles. The van der Waals surface area contributed by atoms with Crippen LogP contribution in [0.15, 0.2) is 48.0 Å². The van der Waals surface area contributed by atoms with Crippen molar-refractivity contribution in [3.8, 4) is 17.6 Å². The van der Waals surface area contributed by atoms with E-state index in [1.807, 2.05) is 37.3 Å². The van der Waals surface area contributed by atoms with Crippen molar-refractivity contribution >= 4 is 23.6 Å². The van der Waals surface area contributed by atoms with Crippen LogP contribution in [0.4, 0.5) is 0 Å². The highest BCUT2D eigenvalue weighted by molar-refractivity contribution is 6.30. The van der Waals surface area contributed by atoms with E-state index in [1.54, 1.807) is 32.3 Å². The van der Waals surface area contributed by atoms with E-state index in [2.05, 4.69) is 0 Å². The Morgan fingerprint density at radius 2 is 1.85 bits per heavy atom. The van der Waals surface area contributed by atoms with E-state index in [4.69, 9.17) is 21.1 Å². The molecule has 0 unspecified atom stereocenters. The maximum Gasteiger partial charge on any atom is 0.264 e. The first-order valence-corrected chi connectivity index (χ1v) is 8.80. The maximum absolute atomic E-state index is 12.0. The normalized spacial score (nSPS) is 10.9. The highest BCUT2D eigenvalue weighted by atomic mass is 35.5. The van der Waals surface area contributed by atoms with Gasteiger partial charge in [0.15, 0.2) is 11.5 Å². The van der Waals surface area contributed by atoms with Crippen molar-refractivity contribution in [1.82, 2.24) is 4.90 Å². The molecule has 2 aromatic rings. The molecule has 0 aliphatic rings. The quantitative estimate of drug-likeness (QED) is 0.527. The minimum Gasteiger partial charge on any atom is -0.490 e. The fourth-order valence-electron chi connectivity index (χ4n) is 2.29. The lowest BCUT2D eigenvalue weighted by Crippen LogP contribution is -2.22. The molecule has 140 valence electrons. The van der Waals surface area contributed by atoms with Crippen LogP contribution in [0.1, 0.15) is 18.1 Å². The van der Waals surface area contributed by atoms with Crippen LogP contribution in [0, 0.1) is 11.3 Å². The maximum atomic E-state index is 12.0. The molecule has 0 atom stereocenters. The summed E-state index contributed by atoms with van der Waals surface area (Å²) in [5, 5.41) is 9.90. The van der Waals surface area contributed by atoms with Crippen LogP contribution in [-0.4, -0.2) is 31.5 Å². The predicted molar refractivity (Wildman–Crippen MR) is 106 cm³/mol. The summed E-state index contributed by atoms with van der Waals surface area (Å²) in [6, 6.07) is 14.6. The number of rotatable bonds is 7. The average molecular weight is 385 g/mol. The number of carbonyl (C=O) groups excluding carboxylic acids is 1. The zero-order chi connectivity index (χ0) is 19.8. The Kier molecular flexibility index (Phi) is 7.27. The summed E-state index contributed by atoms with van der Waals surface area (Å²) in [6.45, 7) is 2.71. The van der Waals surface area contributed by atoms with E-state index in [0.717, 1.165) is 5.56 Å². The van der Waals surface area contributed by atoms with E-state index in [9.17, 15) is 10.1 Å². The van der Waals surface area contributed by atoms with Gasteiger partial charge >= 0.3 is 0 Å². The van der Waals surface area contributed by atoms with Gasteiger partial charge in [-0.25, -0.2) is 0 Å². The zero-order valence-electron chi connectivity index (χ0n) is 15.5. The van der Waals surface area contributed by atoms with Gasteiger partial charge in [-0.3, -0.25) is 4.79 Å². The van der Waals surface area contributed by atoms with Gasteiger partial charge in [0.25, 0.3) is 5.91 Å². The Bertz CT molecular complexity index is 868. The summed E-state index contributed by atoms with van der Waals surface area (Å²) in [5.74, 6) is 0.787.